The van der Waals surface area contributed by atoms with Crippen molar-refractivity contribution in [2.75, 3.05) is 13.2 Å². The summed E-state index contributed by atoms with van der Waals surface area (Å²) in [5.41, 5.74) is 0. The molecule has 0 bridgehead atoms. The molecule has 2 aliphatic rings. The third-order valence-corrected chi connectivity index (χ3v) is 3.31. The van der Waals surface area contributed by atoms with E-state index in [-0.39, 0.29) is 11.7 Å². The summed E-state index contributed by atoms with van der Waals surface area (Å²) >= 11 is 0. The Kier molecular flexibility index (Phi) is 4.82. The average molecular weight is 280 g/mol. The predicted octanol–water partition coefficient (Wildman–Crippen LogP) is 2.33. The van der Waals surface area contributed by atoms with E-state index in [1.165, 1.54) is 6.08 Å². The summed E-state index contributed by atoms with van der Waals surface area (Å²) in [7, 11) is 0. The molecule has 1 unspecified atom stereocenters. The zero-order valence-electron chi connectivity index (χ0n) is 11.9. The van der Waals surface area contributed by atoms with E-state index in [2.05, 4.69) is 0 Å². The molecule has 5 heteroatoms. The number of hydrogen-bond acceptors (Lipinski definition) is 5. The molecule has 0 saturated heterocycles. The Morgan fingerprint density at radius 3 is 2.60 bits per heavy atom. The summed E-state index contributed by atoms with van der Waals surface area (Å²) < 4.78 is 15.3. The van der Waals surface area contributed by atoms with Crippen molar-refractivity contribution in [1.82, 2.24) is 0 Å². The maximum Gasteiger partial charge on any atom is 0.373 e. The van der Waals surface area contributed by atoms with Crippen molar-refractivity contribution in [2.45, 2.75) is 33.1 Å². The van der Waals surface area contributed by atoms with Crippen molar-refractivity contribution >= 4 is 11.9 Å². The lowest BCUT2D eigenvalue weighted by Gasteiger charge is -2.22. The van der Waals surface area contributed by atoms with Crippen molar-refractivity contribution in [3.05, 3.63) is 23.7 Å². The minimum Gasteiger partial charge on any atom is -0.463 e. The van der Waals surface area contributed by atoms with Crippen molar-refractivity contribution in [3.8, 4) is 0 Å². The van der Waals surface area contributed by atoms with E-state index in [1.807, 2.05) is 6.08 Å². The van der Waals surface area contributed by atoms with Crippen LogP contribution in [0.3, 0.4) is 0 Å². The molecule has 0 amide bonds. The number of carbonyl (C=O) groups is 2. The first-order valence-corrected chi connectivity index (χ1v) is 7.08. The van der Waals surface area contributed by atoms with Gasteiger partial charge >= 0.3 is 11.9 Å². The van der Waals surface area contributed by atoms with Gasteiger partial charge in [0.25, 0.3) is 0 Å². The molecule has 110 valence electrons. The molecule has 0 spiro atoms. The number of hydrogen-bond donors (Lipinski definition) is 0. The summed E-state index contributed by atoms with van der Waals surface area (Å²) in [4.78, 5) is 23.3. The third-order valence-electron chi connectivity index (χ3n) is 3.31. The second-order valence-corrected chi connectivity index (χ2v) is 4.92. The van der Waals surface area contributed by atoms with Crippen molar-refractivity contribution in [3.63, 3.8) is 0 Å². The lowest BCUT2D eigenvalue weighted by molar-refractivity contribution is -0.143. The Labute approximate surface area is 118 Å². The molecule has 0 aromatic heterocycles. The smallest absolute Gasteiger partial charge is 0.373 e. The Balaban J connectivity index is 2.11. The molecule has 0 N–H and O–H groups in total. The molecule has 1 aliphatic heterocycles. The lowest BCUT2D eigenvalue weighted by Crippen LogP contribution is -2.19. The van der Waals surface area contributed by atoms with E-state index < -0.39 is 11.9 Å². The normalized spacial score (nSPS) is 23.8. The van der Waals surface area contributed by atoms with Crippen LogP contribution in [0.4, 0.5) is 0 Å². The fourth-order valence-corrected chi connectivity index (χ4v) is 2.25. The van der Waals surface area contributed by atoms with E-state index in [4.69, 9.17) is 14.2 Å². The van der Waals surface area contributed by atoms with Crippen LogP contribution >= 0.6 is 0 Å². The first kappa shape index (κ1) is 14.6. The molecular weight excluding hydrogens is 260 g/mol. The maximum atomic E-state index is 11.8. The first-order chi connectivity index (χ1) is 9.63. The van der Waals surface area contributed by atoms with Crippen LogP contribution in [-0.4, -0.2) is 25.2 Å². The van der Waals surface area contributed by atoms with E-state index in [9.17, 15) is 9.59 Å². The topological polar surface area (TPSA) is 61.8 Å². The number of ether oxygens (including phenoxy) is 3. The largest absolute Gasteiger partial charge is 0.463 e. The van der Waals surface area contributed by atoms with E-state index in [0.29, 0.717) is 31.3 Å². The predicted molar refractivity (Wildman–Crippen MR) is 71.3 cm³/mol. The quantitative estimate of drug-likeness (QED) is 0.571. The number of esters is 2. The second kappa shape index (κ2) is 6.59. The zero-order valence-corrected chi connectivity index (χ0v) is 11.9. The van der Waals surface area contributed by atoms with Crippen molar-refractivity contribution in [1.29, 1.82) is 0 Å². The van der Waals surface area contributed by atoms with E-state index in [1.54, 1.807) is 13.8 Å². The van der Waals surface area contributed by atoms with Gasteiger partial charge in [-0.3, -0.25) is 0 Å². The highest BCUT2D eigenvalue weighted by Crippen LogP contribution is 2.43. The highest BCUT2D eigenvalue weighted by atomic mass is 16.6. The van der Waals surface area contributed by atoms with Gasteiger partial charge in [0.1, 0.15) is 5.76 Å². The molecule has 1 fully saturated rings. The molecule has 1 atom stereocenters. The molecule has 0 aromatic rings. The highest BCUT2D eigenvalue weighted by molar-refractivity contribution is 5.87. The Bertz CT molecular complexity index is 445. The molecule has 0 radical (unpaired) electrons. The fourth-order valence-electron chi connectivity index (χ4n) is 2.25. The summed E-state index contributed by atoms with van der Waals surface area (Å²) in [5, 5.41) is 0. The van der Waals surface area contributed by atoms with Crippen molar-refractivity contribution < 1.29 is 23.8 Å². The Hall–Kier alpha value is -1.78. The van der Waals surface area contributed by atoms with Crippen LogP contribution in [0.1, 0.15) is 33.1 Å². The van der Waals surface area contributed by atoms with Crippen LogP contribution in [0, 0.1) is 11.8 Å². The summed E-state index contributed by atoms with van der Waals surface area (Å²) in [6.07, 6.45) is 6.10. The van der Waals surface area contributed by atoms with Gasteiger partial charge in [0.2, 0.25) is 5.76 Å². The molecule has 20 heavy (non-hydrogen) atoms. The van der Waals surface area contributed by atoms with Gasteiger partial charge in [0.15, 0.2) is 0 Å². The van der Waals surface area contributed by atoms with Gasteiger partial charge in [-0.05, 0) is 44.6 Å². The highest BCUT2D eigenvalue weighted by Gasteiger charge is 2.35. The van der Waals surface area contributed by atoms with Crippen LogP contribution in [0.5, 0.6) is 0 Å². The number of carbonyl (C=O) groups excluding carboxylic acids is 2. The van der Waals surface area contributed by atoms with E-state index >= 15 is 0 Å². The molecule has 1 aliphatic carbocycles. The molecule has 0 aromatic carbocycles. The Morgan fingerprint density at radius 1 is 1.30 bits per heavy atom. The van der Waals surface area contributed by atoms with Gasteiger partial charge in [0, 0.05) is 6.42 Å². The van der Waals surface area contributed by atoms with Gasteiger partial charge in [-0.1, -0.05) is 0 Å². The Morgan fingerprint density at radius 2 is 2.00 bits per heavy atom. The van der Waals surface area contributed by atoms with Crippen LogP contribution in [-0.2, 0) is 23.8 Å². The SMILES string of the molecule is CCOC(=O)/C=C1\CC(C2CC2)C=C(C(=O)OCC)O1. The van der Waals surface area contributed by atoms with Gasteiger partial charge < -0.3 is 14.2 Å². The van der Waals surface area contributed by atoms with E-state index in [0.717, 1.165) is 12.8 Å². The zero-order chi connectivity index (χ0) is 14.5. The summed E-state index contributed by atoms with van der Waals surface area (Å²) in [5.74, 6) is 0.559. The van der Waals surface area contributed by atoms with Crippen LogP contribution in [0.2, 0.25) is 0 Å². The maximum absolute atomic E-state index is 11.8. The number of rotatable bonds is 5. The summed E-state index contributed by atoms with van der Waals surface area (Å²) in [6.45, 7) is 4.10. The fraction of sp³-hybridized carbons (Fsp3) is 0.600. The standard InChI is InChI=1S/C15H20O5/c1-3-18-14(16)9-12-7-11(10-5-6-10)8-13(20-12)15(17)19-4-2/h8-11H,3-7H2,1-2H3/b12-9+. The van der Waals surface area contributed by atoms with Crippen LogP contribution in [0.15, 0.2) is 23.7 Å². The van der Waals surface area contributed by atoms with Crippen molar-refractivity contribution in [2.24, 2.45) is 11.8 Å². The monoisotopic (exact) mass is 280 g/mol. The van der Waals surface area contributed by atoms with Gasteiger partial charge in [0.05, 0.1) is 19.3 Å². The minimum absolute atomic E-state index is 0.186. The first-order valence-electron chi connectivity index (χ1n) is 7.08. The molecule has 2 rings (SSSR count). The number of allylic oxidation sites excluding steroid dienone is 2. The molecular formula is C15H20O5. The molecule has 1 heterocycles. The minimum atomic E-state index is -0.479. The lowest BCUT2D eigenvalue weighted by atomic mass is 9.95. The molecule has 1 saturated carbocycles. The van der Waals surface area contributed by atoms with Crippen LogP contribution < -0.4 is 0 Å². The molecule has 5 nitrogen and oxygen atoms in total. The van der Waals surface area contributed by atoms with Gasteiger partial charge in [-0.15, -0.1) is 0 Å². The average Bonchev–Trinajstić information content (AvgIpc) is 3.23. The summed E-state index contributed by atoms with van der Waals surface area (Å²) in [6, 6.07) is 0. The second-order valence-electron chi connectivity index (χ2n) is 4.92. The van der Waals surface area contributed by atoms with Gasteiger partial charge in [-0.2, -0.15) is 0 Å². The third kappa shape index (κ3) is 3.85. The van der Waals surface area contributed by atoms with Gasteiger partial charge in [-0.25, -0.2) is 9.59 Å². The van der Waals surface area contributed by atoms with Crippen LogP contribution in [0.25, 0.3) is 0 Å².